The van der Waals surface area contributed by atoms with Gasteiger partial charge in [-0.3, -0.25) is 9.80 Å². The summed E-state index contributed by atoms with van der Waals surface area (Å²) in [5.41, 5.74) is 0. The Balaban J connectivity index is 0.00000144. The van der Waals surface area contributed by atoms with Crippen LogP contribution >= 0.6 is 24.8 Å². The number of hydrogen-bond donors (Lipinski definition) is 0. The van der Waals surface area contributed by atoms with Crippen molar-refractivity contribution >= 4 is 24.8 Å². The third kappa shape index (κ3) is 6.53. The van der Waals surface area contributed by atoms with E-state index < -0.39 is 0 Å². The minimum atomic E-state index is 0. The van der Waals surface area contributed by atoms with Crippen LogP contribution in [0.5, 0.6) is 0 Å². The van der Waals surface area contributed by atoms with Crippen molar-refractivity contribution in [3.05, 3.63) is 0 Å². The second-order valence-corrected chi connectivity index (χ2v) is 4.57. The van der Waals surface area contributed by atoms with E-state index in [1.54, 1.807) is 0 Å². The van der Waals surface area contributed by atoms with Gasteiger partial charge in [-0.1, -0.05) is 11.8 Å². The van der Waals surface area contributed by atoms with Gasteiger partial charge in [-0.15, -0.1) is 24.8 Å². The summed E-state index contributed by atoms with van der Waals surface area (Å²) in [7, 11) is 0. The molecule has 2 aliphatic heterocycles. The Morgan fingerprint density at radius 3 is 1.28 bits per heavy atom. The predicted octanol–water partition coefficient (Wildman–Crippen LogP) is 2.03. The summed E-state index contributed by atoms with van der Waals surface area (Å²) in [6, 6.07) is 0. The molecule has 2 nitrogen and oxygen atoms in total. The van der Waals surface area contributed by atoms with E-state index in [-0.39, 0.29) is 24.8 Å². The molecule has 102 valence electrons. The molecule has 0 atom stereocenters. The normalized spacial score (nSPS) is 18.9. The summed E-state index contributed by atoms with van der Waals surface area (Å²) in [5.74, 6) is 12.2. The summed E-state index contributed by atoms with van der Waals surface area (Å²) in [4.78, 5) is 4.80. The van der Waals surface area contributed by atoms with Crippen molar-refractivity contribution in [3.63, 3.8) is 0 Å². The average Bonchev–Trinajstić information content (AvgIpc) is 2.96. The van der Waals surface area contributed by atoms with Crippen LogP contribution in [0.15, 0.2) is 0 Å². The molecule has 0 aromatic heterocycles. The average molecular weight is 289 g/mol. The lowest BCUT2D eigenvalue weighted by Gasteiger charge is -2.08. The maximum absolute atomic E-state index is 3.14. The molecule has 2 saturated heterocycles. The molecule has 0 unspecified atom stereocenters. The second-order valence-electron chi connectivity index (χ2n) is 4.57. The largest absolute Gasteiger partial charge is 0.292 e. The number of hydrogen-bond acceptors (Lipinski definition) is 2. The number of halogens is 2. The zero-order valence-corrected chi connectivity index (χ0v) is 12.4. The quantitative estimate of drug-likeness (QED) is 0.718. The van der Waals surface area contributed by atoms with Gasteiger partial charge >= 0.3 is 0 Å². The molecule has 0 aromatic carbocycles. The first kappa shape index (κ1) is 17.6. The van der Waals surface area contributed by atoms with Gasteiger partial charge in [0, 0.05) is 0 Å². The summed E-state index contributed by atoms with van der Waals surface area (Å²) >= 11 is 0. The number of likely N-dealkylation sites (tertiary alicyclic amines) is 2. The minimum Gasteiger partial charge on any atom is -0.292 e. The van der Waals surface area contributed by atoms with Gasteiger partial charge in [0.25, 0.3) is 0 Å². The van der Waals surface area contributed by atoms with Crippen LogP contribution < -0.4 is 0 Å². The Kier molecular flexibility index (Phi) is 10.3. The molecule has 0 saturated carbocycles. The van der Waals surface area contributed by atoms with E-state index in [0.717, 1.165) is 13.1 Å². The van der Waals surface area contributed by atoms with Crippen molar-refractivity contribution < 1.29 is 0 Å². The van der Waals surface area contributed by atoms with E-state index >= 15 is 0 Å². The summed E-state index contributed by atoms with van der Waals surface area (Å²) in [6.45, 7) is 6.67. The highest BCUT2D eigenvalue weighted by atomic mass is 35.5. The fourth-order valence-electron chi connectivity index (χ4n) is 2.27. The molecule has 0 amide bonds. The van der Waals surface area contributed by atoms with Crippen LogP contribution in [0.25, 0.3) is 0 Å². The highest BCUT2D eigenvalue weighted by Crippen LogP contribution is 2.05. The highest BCUT2D eigenvalue weighted by molar-refractivity contribution is 5.85. The van der Waals surface area contributed by atoms with Crippen LogP contribution in [0.4, 0.5) is 0 Å². The summed E-state index contributed by atoms with van der Waals surface area (Å²) < 4.78 is 0. The zero-order valence-electron chi connectivity index (χ0n) is 10.8. The molecule has 0 bridgehead atoms. The summed E-state index contributed by atoms with van der Waals surface area (Å²) in [6.07, 6.45) is 5.34. The molecule has 2 heterocycles. The smallest absolute Gasteiger partial charge is 0.0611 e. The van der Waals surface area contributed by atoms with Crippen molar-refractivity contribution in [2.45, 2.75) is 25.7 Å². The van der Waals surface area contributed by atoms with Gasteiger partial charge in [-0.2, -0.15) is 0 Å². The molecule has 0 N–H and O–H groups in total. The van der Waals surface area contributed by atoms with Gasteiger partial charge < -0.3 is 0 Å². The molecule has 4 heteroatoms. The van der Waals surface area contributed by atoms with Gasteiger partial charge in [0.2, 0.25) is 0 Å². The third-order valence-electron chi connectivity index (χ3n) is 3.24. The lowest BCUT2D eigenvalue weighted by atomic mass is 10.4. The van der Waals surface area contributed by atoms with Crippen molar-refractivity contribution in [3.8, 4) is 23.7 Å². The molecule has 2 rings (SSSR count). The second kappa shape index (κ2) is 10.5. The molecular weight excluding hydrogens is 267 g/mol. The standard InChI is InChI=1S/C14H20N2.2ClH/c1(3-9-15-11-5-6-12-15)2-4-10-16-13-7-8-14-16;;/h5-14H2;2*1H. The van der Waals surface area contributed by atoms with Crippen molar-refractivity contribution in [1.82, 2.24) is 9.80 Å². The van der Waals surface area contributed by atoms with Crippen LogP contribution in [-0.4, -0.2) is 49.1 Å². The van der Waals surface area contributed by atoms with Crippen LogP contribution in [0.3, 0.4) is 0 Å². The fraction of sp³-hybridized carbons (Fsp3) is 0.714. The van der Waals surface area contributed by atoms with Crippen LogP contribution in [0, 0.1) is 23.7 Å². The van der Waals surface area contributed by atoms with E-state index in [1.165, 1.54) is 51.9 Å². The van der Waals surface area contributed by atoms with E-state index in [4.69, 9.17) is 0 Å². The van der Waals surface area contributed by atoms with E-state index in [9.17, 15) is 0 Å². The van der Waals surface area contributed by atoms with E-state index in [1.807, 2.05) is 0 Å². The van der Waals surface area contributed by atoms with Gasteiger partial charge in [-0.25, -0.2) is 0 Å². The molecule has 18 heavy (non-hydrogen) atoms. The van der Waals surface area contributed by atoms with Crippen molar-refractivity contribution in [2.75, 3.05) is 39.3 Å². The topological polar surface area (TPSA) is 6.48 Å². The summed E-state index contributed by atoms with van der Waals surface area (Å²) in [5, 5.41) is 0. The first-order valence-electron chi connectivity index (χ1n) is 6.35. The third-order valence-corrected chi connectivity index (χ3v) is 3.24. The monoisotopic (exact) mass is 288 g/mol. The molecule has 2 aliphatic rings. The van der Waals surface area contributed by atoms with Gasteiger partial charge in [0.15, 0.2) is 0 Å². The number of nitrogens with zero attached hydrogens (tertiary/aromatic N) is 2. The van der Waals surface area contributed by atoms with Crippen LogP contribution in [0.2, 0.25) is 0 Å². The number of rotatable bonds is 2. The maximum atomic E-state index is 3.14. The molecular formula is C14H22Cl2N2. The first-order chi connectivity index (χ1) is 7.95. The SMILES string of the molecule is C(C#CCN1CCCC1)#CCN1CCCC1.Cl.Cl. The fourth-order valence-corrected chi connectivity index (χ4v) is 2.27. The molecule has 0 spiro atoms. The van der Waals surface area contributed by atoms with Crippen molar-refractivity contribution in [2.24, 2.45) is 0 Å². The van der Waals surface area contributed by atoms with Crippen LogP contribution in [-0.2, 0) is 0 Å². The maximum Gasteiger partial charge on any atom is 0.0611 e. The lowest BCUT2D eigenvalue weighted by molar-refractivity contribution is 0.383. The zero-order chi connectivity index (χ0) is 11.1. The Labute approximate surface area is 123 Å². The van der Waals surface area contributed by atoms with E-state index in [0.29, 0.717) is 0 Å². The van der Waals surface area contributed by atoms with Gasteiger partial charge in [0.1, 0.15) is 0 Å². The van der Waals surface area contributed by atoms with E-state index in [2.05, 4.69) is 33.5 Å². The lowest BCUT2D eigenvalue weighted by Crippen LogP contribution is -2.19. The molecule has 0 radical (unpaired) electrons. The molecule has 0 aliphatic carbocycles. The predicted molar refractivity (Wildman–Crippen MR) is 81.4 cm³/mol. The van der Waals surface area contributed by atoms with Gasteiger partial charge in [-0.05, 0) is 63.7 Å². The van der Waals surface area contributed by atoms with Gasteiger partial charge in [0.05, 0.1) is 13.1 Å². The highest BCUT2D eigenvalue weighted by Gasteiger charge is 2.09. The Bertz CT molecular complexity index is 289. The minimum absolute atomic E-state index is 0. The molecule has 0 aromatic rings. The Morgan fingerprint density at radius 2 is 0.944 bits per heavy atom. The Hall–Kier alpha value is -0.380. The first-order valence-corrected chi connectivity index (χ1v) is 6.35. The van der Waals surface area contributed by atoms with Crippen LogP contribution in [0.1, 0.15) is 25.7 Å². The molecule has 2 fully saturated rings. The van der Waals surface area contributed by atoms with Crippen molar-refractivity contribution in [1.29, 1.82) is 0 Å². The Morgan fingerprint density at radius 1 is 0.611 bits per heavy atom.